The van der Waals surface area contributed by atoms with E-state index in [2.05, 4.69) is 9.97 Å². The standard InChI is InChI=1S/C28H30N2O4/c31-18-25(32-19-22-10-4-1-5-11-22)26(33-20-23-12-6-2-7-13-23)27(28-29-16-17-30-28)34-21-24-14-8-3-9-15-24/h1-17,25-27,31H,18-21H2,(H,29,30)/t25-,26+,27-/m1/s1. The third-order valence-electron chi connectivity index (χ3n) is 5.50. The zero-order valence-corrected chi connectivity index (χ0v) is 19.0. The van der Waals surface area contributed by atoms with Gasteiger partial charge in [-0.15, -0.1) is 0 Å². The van der Waals surface area contributed by atoms with Gasteiger partial charge >= 0.3 is 0 Å². The highest BCUT2D eigenvalue weighted by Crippen LogP contribution is 2.28. The van der Waals surface area contributed by atoms with Crippen LogP contribution >= 0.6 is 0 Å². The van der Waals surface area contributed by atoms with Crippen molar-refractivity contribution in [1.82, 2.24) is 9.97 Å². The summed E-state index contributed by atoms with van der Waals surface area (Å²) < 4.78 is 18.9. The van der Waals surface area contributed by atoms with Crippen molar-refractivity contribution in [1.29, 1.82) is 0 Å². The molecule has 0 bridgehead atoms. The van der Waals surface area contributed by atoms with E-state index in [0.29, 0.717) is 25.6 Å². The molecule has 0 aliphatic carbocycles. The molecule has 0 fully saturated rings. The Hall–Kier alpha value is -3.29. The summed E-state index contributed by atoms with van der Waals surface area (Å²) in [7, 11) is 0. The maximum Gasteiger partial charge on any atom is 0.144 e. The molecule has 3 aromatic carbocycles. The second-order valence-electron chi connectivity index (χ2n) is 7.97. The molecule has 6 heteroatoms. The van der Waals surface area contributed by atoms with Crippen LogP contribution < -0.4 is 0 Å². The molecule has 6 nitrogen and oxygen atoms in total. The van der Waals surface area contributed by atoms with E-state index in [1.165, 1.54) is 0 Å². The molecule has 1 aromatic heterocycles. The fraction of sp³-hybridized carbons (Fsp3) is 0.250. The number of hydrogen-bond acceptors (Lipinski definition) is 5. The normalized spacial score (nSPS) is 13.9. The molecule has 1 heterocycles. The molecule has 3 atom stereocenters. The van der Waals surface area contributed by atoms with Crippen LogP contribution in [0.5, 0.6) is 0 Å². The average Bonchev–Trinajstić information content (AvgIpc) is 3.44. The van der Waals surface area contributed by atoms with Crippen molar-refractivity contribution in [2.24, 2.45) is 0 Å². The molecule has 4 rings (SSSR count). The van der Waals surface area contributed by atoms with Gasteiger partial charge in [0.2, 0.25) is 0 Å². The van der Waals surface area contributed by atoms with Crippen molar-refractivity contribution >= 4 is 0 Å². The van der Waals surface area contributed by atoms with Gasteiger partial charge in [0.15, 0.2) is 0 Å². The van der Waals surface area contributed by atoms with Crippen LogP contribution in [-0.4, -0.2) is 33.9 Å². The summed E-state index contributed by atoms with van der Waals surface area (Å²) >= 11 is 0. The minimum Gasteiger partial charge on any atom is -0.394 e. The highest BCUT2D eigenvalue weighted by molar-refractivity contribution is 5.15. The maximum absolute atomic E-state index is 10.3. The topological polar surface area (TPSA) is 76.6 Å². The van der Waals surface area contributed by atoms with Crippen LogP contribution in [0.15, 0.2) is 103 Å². The van der Waals surface area contributed by atoms with Crippen LogP contribution in [0.2, 0.25) is 0 Å². The summed E-state index contributed by atoms with van der Waals surface area (Å²) in [6.07, 6.45) is 1.62. The number of benzene rings is 3. The monoisotopic (exact) mass is 458 g/mol. The predicted molar refractivity (Wildman–Crippen MR) is 130 cm³/mol. The quantitative estimate of drug-likeness (QED) is 0.300. The lowest BCUT2D eigenvalue weighted by molar-refractivity contribution is -0.165. The molecule has 0 saturated heterocycles. The van der Waals surface area contributed by atoms with Crippen molar-refractivity contribution in [2.75, 3.05) is 6.61 Å². The van der Waals surface area contributed by atoms with Gasteiger partial charge in [-0.3, -0.25) is 0 Å². The first-order valence-electron chi connectivity index (χ1n) is 11.4. The molecule has 34 heavy (non-hydrogen) atoms. The number of aromatic amines is 1. The van der Waals surface area contributed by atoms with Gasteiger partial charge in [-0.2, -0.15) is 0 Å². The SMILES string of the molecule is OC[C@@H](OCc1ccccc1)[C@H](OCc1ccccc1)[C@@H](OCc1ccccc1)c1ncc[nH]1. The lowest BCUT2D eigenvalue weighted by Gasteiger charge is -2.32. The van der Waals surface area contributed by atoms with E-state index in [0.717, 1.165) is 16.7 Å². The molecule has 176 valence electrons. The van der Waals surface area contributed by atoms with Crippen LogP contribution in [0.25, 0.3) is 0 Å². The van der Waals surface area contributed by atoms with E-state index in [9.17, 15) is 5.11 Å². The first kappa shape index (κ1) is 23.9. The van der Waals surface area contributed by atoms with E-state index in [1.54, 1.807) is 12.4 Å². The highest BCUT2D eigenvalue weighted by atomic mass is 16.6. The zero-order chi connectivity index (χ0) is 23.4. The number of rotatable bonds is 13. The van der Waals surface area contributed by atoms with E-state index in [1.807, 2.05) is 91.0 Å². The van der Waals surface area contributed by atoms with E-state index in [4.69, 9.17) is 14.2 Å². The van der Waals surface area contributed by atoms with Gasteiger partial charge in [0, 0.05) is 12.4 Å². The van der Waals surface area contributed by atoms with Gasteiger partial charge in [-0.25, -0.2) is 4.98 Å². The first-order chi connectivity index (χ1) is 16.8. The number of H-pyrrole nitrogens is 1. The number of nitrogens with one attached hydrogen (secondary N) is 1. The van der Waals surface area contributed by atoms with E-state index in [-0.39, 0.29) is 6.61 Å². The molecule has 0 amide bonds. The van der Waals surface area contributed by atoms with Crippen molar-refractivity contribution in [3.8, 4) is 0 Å². The van der Waals surface area contributed by atoms with Crippen LogP contribution in [0, 0.1) is 0 Å². The molecule has 0 saturated carbocycles. The molecule has 0 aliphatic heterocycles. The Morgan fingerprint density at radius 2 is 1.18 bits per heavy atom. The minimum atomic E-state index is -0.630. The predicted octanol–water partition coefficient (Wildman–Crippen LogP) is 4.83. The molecule has 0 radical (unpaired) electrons. The Kier molecular flexibility index (Phi) is 8.99. The van der Waals surface area contributed by atoms with Crippen LogP contribution in [0.3, 0.4) is 0 Å². The number of aromatic nitrogens is 2. The summed E-state index contributed by atoms with van der Waals surface area (Å²) in [6, 6.07) is 29.7. The number of ether oxygens (including phenoxy) is 3. The van der Waals surface area contributed by atoms with Gasteiger partial charge in [0.1, 0.15) is 24.1 Å². The summed E-state index contributed by atoms with van der Waals surface area (Å²) in [5.74, 6) is 0.621. The summed E-state index contributed by atoms with van der Waals surface area (Å²) in [5, 5.41) is 10.3. The molecular formula is C28H30N2O4. The van der Waals surface area contributed by atoms with Crippen LogP contribution in [0.4, 0.5) is 0 Å². The average molecular weight is 459 g/mol. The summed E-state index contributed by atoms with van der Waals surface area (Å²) in [6.45, 7) is 0.843. The van der Waals surface area contributed by atoms with Gasteiger partial charge in [0.05, 0.1) is 26.4 Å². The number of hydrogen-bond donors (Lipinski definition) is 2. The third kappa shape index (κ3) is 6.85. The molecule has 0 aliphatic rings. The lowest BCUT2D eigenvalue weighted by Crippen LogP contribution is -2.40. The number of imidazole rings is 1. The zero-order valence-electron chi connectivity index (χ0n) is 19.0. The second kappa shape index (κ2) is 12.8. The highest BCUT2D eigenvalue weighted by Gasteiger charge is 2.35. The molecule has 0 spiro atoms. The van der Waals surface area contributed by atoms with Gasteiger partial charge in [-0.05, 0) is 16.7 Å². The Balaban J connectivity index is 1.56. The fourth-order valence-corrected chi connectivity index (χ4v) is 3.71. The van der Waals surface area contributed by atoms with Gasteiger partial charge < -0.3 is 24.3 Å². The first-order valence-corrected chi connectivity index (χ1v) is 11.4. The maximum atomic E-state index is 10.3. The van der Waals surface area contributed by atoms with Crippen molar-refractivity contribution < 1.29 is 19.3 Å². The molecule has 4 aromatic rings. The van der Waals surface area contributed by atoms with E-state index >= 15 is 0 Å². The largest absolute Gasteiger partial charge is 0.394 e. The van der Waals surface area contributed by atoms with Crippen molar-refractivity contribution in [3.05, 3.63) is 126 Å². The Morgan fingerprint density at radius 3 is 1.65 bits per heavy atom. The minimum absolute atomic E-state index is 0.224. The Labute approximate surface area is 200 Å². The third-order valence-corrected chi connectivity index (χ3v) is 5.50. The Morgan fingerprint density at radius 1 is 0.676 bits per heavy atom. The molecule has 0 unspecified atom stereocenters. The summed E-state index contributed by atoms with van der Waals surface area (Å²) in [4.78, 5) is 7.59. The lowest BCUT2D eigenvalue weighted by atomic mass is 10.1. The van der Waals surface area contributed by atoms with Crippen molar-refractivity contribution in [3.63, 3.8) is 0 Å². The number of aliphatic hydroxyl groups is 1. The second-order valence-corrected chi connectivity index (χ2v) is 7.97. The van der Waals surface area contributed by atoms with Crippen molar-refractivity contribution in [2.45, 2.75) is 38.1 Å². The van der Waals surface area contributed by atoms with Gasteiger partial charge in [-0.1, -0.05) is 91.0 Å². The summed E-state index contributed by atoms with van der Waals surface area (Å²) in [5.41, 5.74) is 3.07. The molecule has 2 N–H and O–H groups in total. The van der Waals surface area contributed by atoms with Crippen LogP contribution in [-0.2, 0) is 34.0 Å². The molecular weight excluding hydrogens is 428 g/mol. The number of aliphatic hydroxyl groups excluding tert-OH is 1. The fourth-order valence-electron chi connectivity index (χ4n) is 3.71. The smallest absolute Gasteiger partial charge is 0.144 e. The van der Waals surface area contributed by atoms with Crippen LogP contribution in [0.1, 0.15) is 28.6 Å². The van der Waals surface area contributed by atoms with Gasteiger partial charge in [0.25, 0.3) is 0 Å². The van der Waals surface area contributed by atoms with E-state index < -0.39 is 18.3 Å². The Bertz CT molecular complexity index is 1060. The number of nitrogens with zero attached hydrogens (tertiary/aromatic N) is 1.